The summed E-state index contributed by atoms with van der Waals surface area (Å²) in [5.74, 6) is 1.90. The molecule has 0 bridgehead atoms. The van der Waals surface area contributed by atoms with Crippen LogP contribution in [0.3, 0.4) is 0 Å². The van der Waals surface area contributed by atoms with E-state index >= 15 is 0 Å². The Morgan fingerprint density at radius 3 is 2.74 bits per heavy atom. The summed E-state index contributed by atoms with van der Waals surface area (Å²) in [5.41, 5.74) is 6.48. The number of rotatable bonds is 7. The summed E-state index contributed by atoms with van der Waals surface area (Å²) in [4.78, 5) is 0. The van der Waals surface area contributed by atoms with Crippen molar-refractivity contribution in [3.8, 4) is 17.2 Å². The van der Waals surface area contributed by atoms with Crippen LogP contribution < -0.4 is 19.9 Å². The Morgan fingerprint density at radius 1 is 1.32 bits per heavy atom. The molecule has 2 rings (SSSR count). The molecular weight excluding hydrogens is 250 g/mol. The van der Waals surface area contributed by atoms with Crippen LogP contribution in [-0.2, 0) is 11.3 Å². The molecule has 3 N–H and O–H groups in total. The first-order valence-electron chi connectivity index (χ1n) is 6.25. The van der Waals surface area contributed by atoms with Crippen molar-refractivity contribution in [2.45, 2.75) is 19.6 Å². The molecule has 0 saturated heterocycles. The predicted molar refractivity (Wildman–Crippen MR) is 68.5 cm³/mol. The molecule has 0 saturated carbocycles. The Morgan fingerprint density at radius 2 is 2.05 bits per heavy atom. The van der Waals surface area contributed by atoms with Crippen LogP contribution in [0.5, 0.6) is 17.2 Å². The van der Waals surface area contributed by atoms with Crippen LogP contribution in [0.4, 0.5) is 0 Å². The topological polar surface area (TPSA) is 83.2 Å². The lowest BCUT2D eigenvalue weighted by atomic mass is 10.2. The molecule has 0 amide bonds. The minimum atomic E-state index is -0.670. The first-order chi connectivity index (χ1) is 9.24. The lowest BCUT2D eigenvalue weighted by molar-refractivity contribution is 0.0162. The normalized spacial score (nSPS) is 14.5. The minimum absolute atomic E-state index is 0.145. The van der Waals surface area contributed by atoms with Crippen LogP contribution in [0.2, 0.25) is 0 Å². The van der Waals surface area contributed by atoms with E-state index in [2.05, 4.69) is 0 Å². The van der Waals surface area contributed by atoms with Crippen LogP contribution in [0.15, 0.2) is 12.1 Å². The van der Waals surface area contributed by atoms with E-state index < -0.39 is 6.10 Å². The second-order valence-corrected chi connectivity index (χ2v) is 4.14. The third-order valence-electron chi connectivity index (χ3n) is 2.72. The summed E-state index contributed by atoms with van der Waals surface area (Å²) in [6, 6.07) is 3.53. The van der Waals surface area contributed by atoms with Gasteiger partial charge in [-0.1, -0.05) is 0 Å². The summed E-state index contributed by atoms with van der Waals surface area (Å²) in [5, 5.41) is 9.66. The van der Waals surface area contributed by atoms with E-state index in [9.17, 15) is 5.11 Å². The number of benzene rings is 1. The van der Waals surface area contributed by atoms with Gasteiger partial charge in [0.25, 0.3) is 0 Å². The van der Waals surface area contributed by atoms with Gasteiger partial charge in [0, 0.05) is 24.8 Å². The van der Waals surface area contributed by atoms with Crippen LogP contribution in [0.1, 0.15) is 12.5 Å². The molecule has 1 aliphatic heterocycles. The zero-order valence-electron chi connectivity index (χ0n) is 10.9. The second kappa shape index (κ2) is 6.60. The number of nitrogens with two attached hydrogens (primary N) is 1. The van der Waals surface area contributed by atoms with Gasteiger partial charge in [-0.15, -0.1) is 0 Å². The van der Waals surface area contributed by atoms with Gasteiger partial charge in [0.2, 0.25) is 6.79 Å². The molecule has 1 aromatic carbocycles. The fourth-order valence-corrected chi connectivity index (χ4v) is 1.75. The van der Waals surface area contributed by atoms with Gasteiger partial charge in [0.1, 0.15) is 18.5 Å². The molecule has 6 heteroatoms. The SMILES string of the molecule is CCOCC(O)COc1cc2c(cc1CN)OCO2. The van der Waals surface area contributed by atoms with E-state index in [0.717, 1.165) is 5.56 Å². The van der Waals surface area contributed by atoms with E-state index in [1.807, 2.05) is 6.92 Å². The van der Waals surface area contributed by atoms with Crippen LogP contribution >= 0.6 is 0 Å². The number of fused-ring (bicyclic) bond motifs is 1. The lowest BCUT2D eigenvalue weighted by Crippen LogP contribution is -2.23. The Hall–Kier alpha value is -1.50. The van der Waals surface area contributed by atoms with E-state index in [0.29, 0.717) is 30.4 Å². The Kier molecular flexibility index (Phi) is 4.84. The van der Waals surface area contributed by atoms with Crippen molar-refractivity contribution in [1.82, 2.24) is 0 Å². The molecule has 0 aromatic heterocycles. The molecule has 19 heavy (non-hydrogen) atoms. The standard InChI is InChI=1S/C13H19NO5/c1-2-16-6-10(15)7-17-11-4-13-12(18-8-19-13)3-9(11)5-14/h3-4,10,15H,2,5-8,14H2,1H3. The molecule has 106 valence electrons. The highest BCUT2D eigenvalue weighted by molar-refractivity contribution is 5.51. The van der Waals surface area contributed by atoms with Crippen molar-refractivity contribution in [3.63, 3.8) is 0 Å². The van der Waals surface area contributed by atoms with Gasteiger partial charge >= 0.3 is 0 Å². The predicted octanol–water partition coefficient (Wildman–Crippen LogP) is 0.650. The van der Waals surface area contributed by atoms with Crippen LogP contribution in [-0.4, -0.2) is 37.8 Å². The molecule has 1 aliphatic rings. The highest BCUT2D eigenvalue weighted by atomic mass is 16.7. The van der Waals surface area contributed by atoms with Gasteiger partial charge in [0.15, 0.2) is 11.5 Å². The maximum atomic E-state index is 9.66. The van der Waals surface area contributed by atoms with Crippen LogP contribution in [0, 0.1) is 0 Å². The number of hydrogen-bond donors (Lipinski definition) is 2. The van der Waals surface area contributed by atoms with Gasteiger partial charge in [-0.2, -0.15) is 0 Å². The molecule has 0 radical (unpaired) electrons. The summed E-state index contributed by atoms with van der Waals surface area (Å²) in [6.07, 6.45) is -0.670. The van der Waals surface area contributed by atoms with Gasteiger partial charge in [-0.05, 0) is 13.0 Å². The van der Waals surface area contributed by atoms with Crippen LogP contribution in [0.25, 0.3) is 0 Å². The average Bonchev–Trinajstić information content (AvgIpc) is 2.88. The van der Waals surface area contributed by atoms with Crippen molar-refractivity contribution in [2.24, 2.45) is 5.73 Å². The van der Waals surface area contributed by atoms with E-state index in [1.54, 1.807) is 12.1 Å². The maximum Gasteiger partial charge on any atom is 0.231 e. The molecule has 1 atom stereocenters. The molecule has 0 aliphatic carbocycles. The molecular formula is C13H19NO5. The molecule has 1 aromatic rings. The fraction of sp³-hybridized carbons (Fsp3) is 0.538. The molecule has 0 fully saturated rings. The monoisotopic (exact) mass is 269 g/mol. The molecule has 6 nitrogen and oxygen atoms in total. The summed E-state index contributed by atoms with van der Waals surface area (Å²) in [6.45, 7) is 3.36. The van der Waals surface area contributed by atoms with E-state index in [4.69, 9.17) is 24.7 Å². The maximum absolute atomic E-state index is 9.66. The second-order valence-electron chi connectivity index (χ2n) is 4.14. The van der Waals surface area contributed by atoms with Gasteiger partial charge < -0.3 is 29.8 Å². The quantitative estimate of drug-likeness (QED) is 0.756. The highest BCUT2D eigenvalue weighted by Crippen LogP contribution is 2.38. The van der Waals surface area contributed by atoms with Gasteiger partial charge in [-0.25, -0.2) is 0 Å². The largest absolute Gasteiger partial charge is 0.490 e. The molecule has 0 spiro atoms. The summed E-state index contributed by atoms with van der Waals surface area (Å²) < 4.78 is 21.2. The first kappa shape index (κ1) is 13.9. The van der Waals surface area contributed by atoms with E-state index in [-0.39, 0.29) is 20.0 Å². The Labute approximate surface area is 112 Å². The zero-order valence-corrected chi connectivity index (χ0v) is 10.9. The number of ether oxygens (including phenoxy) is 4. The Balaban J connectivity index is 1.99. The average molecular weight is 269 g/mol. The third-order valence-corrected chi connectivity index (χ3v) is 2.72. The third kappa shape index (κ3) is 3.50. The van der Waals surface area contributed by atoms with E-state index in [1.165, 1.54) is 0 Å². The highest BCUT2D eigenvalue weighted by Gasteiger charge is 2.18. The smallest absolute Gasteiger partial charge is 0.231 e. The minimum Gasteiger partial charge on any atom is -0.490 e. The number of aliphatic hydroxyl groups excluding tert-OH is 1. The van der Waals surface area contributed by atoms with Crippen molar-refractivity contribution in [3.05, 3.63) is 17.7 Å². The summed E-state index contributed by atoms with van der Waals surface area (Å²) in [7, 11) is 0. The van der Waals surface area contributed by atoms with Crippen molar-refractivity contribution in [1.29, 1.82) is 0 Å². The van der Waals surface area contributed by atoms with Crippen molar-refractivity contribution in [2.75, 3.05) is 26.6 Å². The number of aliphatic hydroxyl groups is 1. The fourth-order valence-electron chi connectivity index (χ4n) is 1.75. The Bertz CT molecular complexity index is 424. The summed E-state index contributed by atoms with van der Waals surface area (Å²) >= 11 is 0. The number of hydrogen-bond acceptors (Lipinski definition) is 6. The molecule has 1 unspecified atom stereocenters. The first-order valence-corrected chi connectivity index (χ1v) is 6.25. The van der Waals surface area contributed by atoms with Crippen molar-refractivity contribution < 1.29 is 24.1 Å². The lowest BCUT2D eigenvalue weighted by Gasteiger charge is -2.15. The van der Waals surface area contributed by atoms with Crippen molar-refractivity contribution >= 4 is 0 Å². The zero-order chi connectivity index (χ0) is 13.7. The van der Waals surface area contributed by atoms with Gasteiger partial charge in [0.05, 0.1) is 6.61 Å². The molecule has 1 heterocycles. The van der Waals surface area contributed by atoms with Gasteiger partial charge in [-0.3, -0.25) is 0 Å².